The highest BCUT2D eigenvalue weighted by Gasteiger charge is 2.29. The van der Waals surface area contributed by atoms with Gasteiger partial charge in [-0.25, -0.2) is 9.97 Å². The van der Waals surface area contributed by atoms with E-state index >= 15 is 0 Å². The maximum absolute atomic E-state index is 12.5. The molecule has 1 aliphatic carbocycles. The topological polar surface area (TPSA) is 97.9 Å². The molecular formula is C18H18N6O2. The van der Waals surface area contributed by atoms with Crippen molar-refractivity contribution in [3.63, 3.8) is 0 Å². The number of carbonyl (C=O) groups excluding carboxylic acids is 1. The van der Waals surface area contributed by atoms with Crippen LogP contribution in [0.4, 0.5) is 0 Å². The lowest BCUT2D eigenvalue weighted by atomic mass is 10.2. The molecule has 4 rings (SSSR count). The molecule has 0 aromatic carbocycles. The third kappa shape index (κ3) is 3.58. The van der Waals surface area contributed by atoms with Crippen LogP contribution in [0.3, 0.4) is 0 Å². The Bertz CT molecular complexity index is 890. The highest BCUT2D eigenvalue weighted by Crippen LogP contribution is 2.38. The second kappa shape index (κ2) is 6.99. The molecule has 3 aromatic heterocycles. The van der Waals surface area contributed by atoms with E-state index in [0.717, 1.165) is 18.4 Å². The molecule has 8 nitrogen and oxygen atoms in total. The number of hydrogen-bond acceptors (Lipinski definition) is 7. The minimum Gasteiger partial charge on any atom is -0.341 e. The van der Waals surface area contributed by atoms with Gasteiger partial charge in [0.2, 0.25) is 5.89 Å². The van der Waals surface area contributed by atoms with Gasteiger partial charge in [0.05, 0.1) is 5.56 Å². The monoisotopic (exact) mass is 350 g/mol. The van der Waals surface area contributed by atoms with Crippen LogP contribution in [-0.4, -0.2) is 49.5 Å². The molecule has 1 aliphatic rings. The average molecular weight is 350 g/mol. The van der Waals surface area contributed by atoms with Gasteiger partial charge in [0.15, 0.2) is 11.6 Å². The molecule has 0 unspecified atom stereocenters. The zero-order chi connectivity index (χ0) is 17.9. The lowest BCUT2D eigenvalue weighted by molar-refractivity contribution is 0.0795. The average Bonchev–Trinajstić information content (AvgIpc) is 3.44. The predicted molar refractivity (Wildman–Crippen MR) is 92.2 cm³/mol. The van der Waals surface area contributed by atoms with Crippen LogP contribution in [0.2, 0.25) is 0 Å². The van der Waals surface area contributed by atoms with Crippen molar-refractivity contribution in [2.24, 2.45) is 0 Å². The SMILES string of the molecule is CN(CCc1noc(C2CC2)n1)C(=O)c1cnc(-c2ccncc2)nc1. The van der Waals surface area contributed by atoms with E-state index in [4.69, 9.17) is 4.52 Å². The Morgan fingerprint density at radius 2 is 1.96 bits per heavy atom. The third-order valence-corrected chi connectivity index (χ3v) is 4.27. The zero-order valence-electron chi connectivity index (χ0n) is 14.4. The summed E-state index contributed by atoms with van der Waals surface area (Å²) < 4.78 is 5.23. The predicted octanol–water partition coefficient (Wildman–Crippen LogP) is 2.11. The van der Waals surface area contributed by atoms with Gasteiger partial charge in [0.1, 0.15) is 0 Å². The van der Waals surface area contributed by atoms with Crippen LogP contribution < -0.4 is 0 Å². The number of aromatic nitrogens is 5. The summed E-state index contributed by atoms with van der Waals surface area (Å²) >= 11 is 0. The van der Waals surface area contributed by atoms with Gasteiger partial charge in [-0.2, -0.15) is 4.98 Å². The van der Waals surface area contributed by atoms with Crippen molar-refractivity contribution in [2.75, 3.05) is 13.6 Å². The van der Waals surface area contributed by atoms with Crippen molar-refractivity contribution in [2.45, 2.75) is 25.2 Å². The molecule has 3 heterocycles. The van der Waals surface area contributed by atoms with Gasteiger partial charge in [0, 0.05) is 56.3 Å². The molecule has 0 N–H and O–H groups in total. The molecule has 0 radical (unpaired) electrons. The third-order valence-electron chi connectivity index (χ3n) is 4.27. The normalized spacial score (nSPS) is 13.6. The van der Waals surface area contributed by atoms with E-state index in [1.807, 2.05) is 12.1 Å². The summed E-state index contributed by atoms with van der Waals surface area (Å²) in [5, 5.41) is 3.97. The van der Waals surface area contributed by atoms with Gasteiger partial charge in [-0.05, 0) is 25.0 Å². The van der Waals surface area contributed by atoms with Crippen LogP contribution in [0.1, 0.15) is 40.8 Å². The molecule has 0 atom stereocenters. The molecule has 1 fully saturated rings. The molecule has 1 amide bonds. The van der Waals surface area contributed by atoms with Crippen LogP contribution in [-0.2, 0) is 6.42 Å². The number of amides is 1. The number of rotatable bonds is 6. The largest absolute Gasteiger partial charge is 0.341 e. The fraction of sp³-hybridized carbons (Fsp3) is 0.333. The number of hydrogen-bond donors (Lipinski definition) is 0. The first-order valence-corrected chi connectivity index (χ1v) is 8.51. The first kappa shape index (κ1) is 16.3. The summed E-state index contributed by atoms with van der Waals surface area (Å²) in [5.41, 5.74) is 1.30. The Morgan fingerprint density at radius 3 is 2.65 bits per heavy atom. The van der Waals surface area contributed by atoms with Crippen molar-refractivity contribution in [3.8, 4) is 11.4 Å². The van der Waals surface area contributed by atoms with E-state index in [1.165, 1.54) is 0 Å². The maximum atomic E-state index is 12.5. The zero-order valence-corrected chi connectivity index (χ0v) is 14.4. The Labute approximate surface area is 150 Å². The van der Waals surface area contributed by atoms with Crippen LogP contribution in [0.15, 0.2) is 41.4 Å². The summed E-state index contributed by atoms with van der Waals surface area (Å²) in [6, 6.07) is 3.65. The fourth-order valence-electron chi connectivity index (χ4n) is 2.54. The molecule has 0 spiro atoms. The highest BCUT2D eigenvalue weighted by molar-refractivity contribution is 5.93. The molecule has 26 heavy (non-hydrogen) atoms. The molecule has 0 aliphatic heterocycles. The molecule has 1 saturated carbocycles. The summed E-state index contributed by atoms with van der Waals surface area (Å²) in [6.07, 6.45) is 9.23. The van der Waals surface area contributed by atoms with Crippen molar-refractivity contribution >= 4 is 5.91 Å². The molecule has 0 bridgehead atoms. The molecule has 0 saturated heterocycles. The van der Waals surface area contributed by atoms with Gasteiger partial charge in [-0.1, -0.05) is 5.16 Å². The second-order valence-corrected chi connectivity index (χ2v) is 6.33. The lowest BCUT2D eigenvalue weighted by Crippen LogP contribution is -2.29. The standard InChI is InChI=1S/C18H18N6O2/c1-24(9-6-15-22-17(26-23-15)13-2-3-13)18(25)14-10-20-16(21-11-14)12-4-7-19-8-5-12/h4-5,7-8,10-11,13H,2-3,6,9H2,1H3. The van der Waals surface area contributed by atoms with Crippen molar-refractivity contribution < 1.29 is 9.32 Å². The molecular weight excluding hydrogens is 332 g/mol. The fourth-order valence-corrected chi connectivity index (χ4v) is 2.54. The second-order valence-electron chi connectivity index (χ2n) is 6.33. The van der Waals surface area contributed by atoms with E-state index in [-0.39, 0.29) is 5.91 Å². The van der Waals surface area contributed by atoms with Gasteiger partial charge < -0.3 is 9.42 Å². The number of likely N-dealkylation sites (N-methyl/N-ethyl adjacent to an activating group) is 1. The number of pyridine rings is 1. The summed E-state index contributed by atoms with van der Waals surface area (Å²) in [4.78, 5) is 31.0. The number of carbonyl (C=O) groups is 1. The summed E-state index contributed by atoms with van der Waals surface area (Å²) in [6.45, 7) is 0.495. The molecule has 132 valence electrons. The lowest BCUT2D eigenvalue weighted by Gasteiger charge is -2.15. The first-order chi connectivity index (χ1) is 12.7. The smallest absolute Gasteiger partial charge is 0.256 e. The molecule has 3 aromatic rings. The van der Waals surface area contributed by atoms with E-state index < -0.39 is 0 Å². The van der Waals surface area contributed by atoms with Gasteiger partial charge in [-0.15, -0.1) is 0 Å². The van der Waals surface area contributed by atoms with Crippen LogP contribution in [0.5, 0.6) is 0 Å². The van der Waals surface area contributed by atoms with E-state index in [2.05, 4.69) is 25.1 Å². The Morgan fingerprint density at radius 1 is 1.23 bits per heavy atom. The number of nitrogens with zero attached hydrogens (tertiary/aromatic N) is 6. The minimum absolute atomic E-state index is 0.141. The molecule has 8 heteroatoms. The van der Waals surface area contributed by atoms with E-state index in [0.29, 0.717) is 42.0 Å². The van der Waals surface area contributed by atoms with Crippen LogP contribution in [0, 0.1) is 0 Å². The van der Waals surface area contributed by atoms with Gasteiger partial charge >= 0.3 is 0 Å². The minimum atomic E-state index is -0.141. The van der Waals surface area contributed by atoms with Gasteiger partial charge in [-0.3, -0.25) is 9.78 Å². The van der Waals surface area contributed by atoms with Crippen LogP contribution in [0.25, 0.3) is 11.4 Å². The van der Waals surface area contributed by atoms with Crippen LogP contribution >= 0.6 is 0 Å². The quantitative estimate of drug-likeness (QED) is 0.671. The van der Waals surface area contributed by atoms with E-state index in [1.54, 1.807) is 36.7 Å². The van der Waals surface area contributed by atoms with Crippen molar-refractivity contribution in [3.05, 3.63) is 54.2 Å². The maximum Gasteiger partial charge on any atom is 0.256 e. The Hall–Kier alpha value is -3.16. The summed E-state index contributed by atoms with van der Waals surface area (Å²) in [7, 11) is 1.74. The summed E-state index contributed by atoms with van der Waals surface area (Å²) in [5.74, 6) is 2.21. The first-order valence-electron chi connectivity index (χ1n) is 8.51. The Balaban J connectivity index is 1.36. The highest BCUT2D eigenvalue weighted by atomic mass is 16.5. The van der Waals surface area contributed by atoms with Gasteiger partial charge in [0.25, 0.3) is 5.91 Å². The van der Waals surface area contributed by atoms with Crippen molar-refractivity contribution in [1.82, 2.24) is 30.0 Å². The Kier molecular flexibility index (Phi) is 4.39. The van der Waals surface area contributed by atoms with E-state index in [9.17, 15) is 4.79 Å². The van der Waals surface area contributed by atoms with Crippen molar-refractivity contribution in [1.29, 1.82) is 0 Å².